The van der Waals surface area contributed by atoms with Gasteiger partial charge in [-0.3, -0.25) is 4.79 Å². The lowest BCUT2D eigenvalue weighted by atomic mass is 9.95. The molecule has 52 heavy (non-hydrogen) atoms. The maximum absolute atomic E-state index is 14.3. The predicted octanol–water partition coefficient (Wildman–Crippen LogP) is 9.84. The van der Waals surface area contributed by atoms with Crippen LogP contribution in [0.5, 0.6) is 5.75 Å². The van der Waals surface area contributed by atoms with E-state index < -0.39 is 93.8 Å². The van der Waals surface area contributed by atoms with Gasteiger partial charge in [0.2, 0.25) is 0 Å². The zero-order valence-electron chi connectivity index (χ0n) is 25.9. The molecule has 0 aromatic heterocycles. The SMILES string of the molecule is C#C.Cc1ccc(C(=O)O)cc1.O=C(N[C@@H](c1cc(F)cc(OC(F)(F)C(F)F)c1)c1ccc(F)c(C(F)(F)F)c1)c1ccc(F)c(C(F)(F)F)c1. The van der Waals surface area contributed by atoms with Crippen molar-refractivity contribution in [1.82, 2.24) is 5.32 Å². The van der Waals surface area contributed by atoms with Crippen molar-refractivity contribution in [3.63, 3.8) is 0 Å². The van der Waals surface area contributed by atoms with Gasteiger partial charge < -0.3 is 15.2 Å². The van der Waals surface area contributed by atoms with E-state index in [2.05, 4.69) is 17.6 Å². The number of ether oxygens (including phenoxy) is 1. The van der Waals surface area contributed by atoms with Gasteiger partial charge in [0.25, 0.3) is 5.91 Å². The molecule has 0 spiro atoms. The second kappa shape index (κ2) is 17.0. The average Bonchev–Trinajstić information content (AvgIpc) is 3.04. The molecular weight excluding hydrogens is 733 g/mol. The molecule has 0 aliphatic carbocycles. The molecule has 4 rings (SSSR count). The van der Waals surface area contributed by atoms with E-state index in [0.29, 0.717) is 29.8 Å². The number of carboxylic acids is 1. The Labute approximate surface area is 285 Å². The summed E-state index contributed by atoms with van der Waals surface area (Å²) < 4.78 is 177. The number of carboxylic acid groups (broad SMARTS) is 1. The summed E-state index contributed by atoms with van der Waals surface area (Å²) in [4.78, 5) is 23.1. The van der Waals surface area contributed by atoms with Crippen LogP contribution < -0.4 is 10.1 Å². The van der Waals surface area contributed by atoms with E-state index in [4.69, 9.17) is 5.11 Å². The number of carbonyl (C=O) groups excluding carboxylic acids is 1. The molecule has 278 valence electrons. The van der Waals surface area contributed by atoms with Crippen molar-refractivity contribution in [2.45, 2.75) is 37.9 Å². The second-order valence-corrected chi connectivity index (χ2v) is 10.2. The number of benzene rings is 4. The number of aryl methyl sites for hydroxylation is 1. The van der Waals surface area contributed by atoms with Gasteiger partial charge in [0.05, 0.1) is 22.7 Å². The van der Waals surface area contributed by atoms with E-state index in [1.54, 1.807) is 24.3 Å². The topological polar surface area (TPSA) is 75.6 Å². The molecule has 0 heterocycles. The zero-order chi connectivity index (χ0) is 39.8. The summed E-state index contributed by atoms with van der Waals surface area (Å²) in [6.07, 6.45) is -12.2. The van der Waals surface area contributed by atoms with Crippen LogP contribution in [0.15, 0.2) is 78.9 Å². The third-order valence-electron chi connectivity index (χ3n) is 6.47. The summed E-state index contributed by atoms with van der Waals surface area (Å²) in [6, 6.07) is 7.68. The highest BCUT2D eigenvalue weighted by Crippen LogP contribution is 2.37. The fraction of sp³-hybridized carbons (Fsp3) is 0.176. The van der Waals surface area contributed by atoms with Gasteiger partial charge in [-0.1, -0.05) is 23.8 Å². The summed E-state index contributed by atoms with van der Waals surface area (Å²) in [5.74, 6) is -8.72. The van der Waals surface area contributed by atoms with Crippen molar-refractivity contribution in [3.8, 4) is 18.6 Å². The summed E-state index contributed by atoms with van der Waals surface area (Å²) >= 11 is 0. The van der Waals surface area contributed by atoms with E-state index in [1.165, 1.54) is 0 Å². The van der Waals surface area contributed by atoms with Crippen LogP contribution in [-0.2, 0) is 12.4 Å². The average molecular weight is 756 g/mol. The van der Waals surface area contributed by atoms with Crippen LogP contribution >= 0.6 is 0 Å². The smallest absolute Gasteiger partial charge is 0.461 e. The van der Waals surface area contributed by atoms with Gasteiger partial charge >= 0.3 is 30.9 Å². The molecule has 1 amide bonds. The minimum absolute atomic E-state index is 0.0524. The Balaban J connectivity index is 0.000000664. The van der Waals surface area contributed by atoms with Crippen LogP contribution in [0.25, 0.3) is 0 Å². The molecule has 5 nitrogen and oxygen atoms in total. The Bertz CT molecular complexity index is 1890. The minimum Gasteiger partial charge on any atom is -0.478 e. The number of aromatic carboxylic acids is 1. The molecule has 0 radical (unpaired) electrons. The Morgan fingerprint density at radius 3 is 1.69 bits per heavy atom. The number of alkyl halides is 10. The van der Waals surface area contributed by atoms with Gasteiger partial charge in [-0.25, -0.2) is 18.0 Å². The molecular formula is C34H22F13NO4. The first kappa shape index (κ1) is 42.4. The number of terminal acetylenes is 1. The third-order valence-corrected chi connectivity index (χ3v) is 6.47. The fourth-order valence-electron chi connectivity index (χ4n) is 4.10. The molecule has 0 fully saturated rings. The maximum atomic E-state index is 14.3. The number of hydrogen-bond acceptors (Lipinski definition) is 3. The Kier molecular flexibility index (Phi) is 13.9. The second-order valence-electron chi connectivity index (χ2n) is 10.2. The first-order valence-electron chi connectivity index (χ1n) is 13.8. The molecule has 0 aliphatic rings. The molecule has 2 N–H and O–H groups in total. The van der Waals surface area contributed by atoms with Gasteiger partial charge in [-0.15, -0.1) is 12.8 Å². The number of halogens is 13. The highest BCUT2D eigenvalue weighted by Gasteiger charge is 2.44. The van der Waals surface area contributed by atoms with Crippen LogP contribution in [0.2, 0.25) is 0 Å². The van der Waals surface area contributed by atoms with E-state index in [-0.39, 0.29) is 30.3 Å². The third kappa shape index (κ3) is 11.4. The highest BCUT2D eigenvalue weighted by atomic mass is 19.4. The Morgan fingerprint density at radius 2 is 1.19 bits per heavy atom. The van der Waals surface area contributed by atoms with Crippen LogP contribution in [0.3, 0.4) is 0 Å². The summed E-state index contributed by atoms with van der Waals surface area (Å²) in [5, 5.41) is 10.4. The van der Waals surface area contributed by atoms with Gasteiger partial charge in [0.15, 0.2) is 0 Å². The Morgan fingerprint density at radius 1 is 0.692 bits per heavy atom. The molecule has 0 aliphatic heterocycles. The molecule has 0 saturated heterocycles. The van der Waals surface area contributed by atoms with Gasteiger partial charge in [0.1, 0.15) is 23.2 Å². The van der Waals surface area contributed by atoms with Crippen molar-refractivity contribution >= 4 is 11.9 Å². The molecule has 0 bridgehead atoms. The summed E-state index contributed by atoms with van der Waals surface area (Å²) in [5.41, 5.74) is -4.70. The van der Waals surface area contributed by atoms with E-state index in [9.17, 15) is 66.7 Å². The molecule has 4 aromatic carbocycles. The number of hydrogen-bond donors (Lipinski definition) is 2. The van der Waals surface area contributed by atoms with Crippen molar-refractivity contribution in [3.05, 3.63) is 135 Å². The largest absolute Gasteiger partial charge is 0.478 e. The number of amides is 1. The molecule has 1 atom stereocenters. The maximum Gasteiger partial charge on any atom is 0.461 e. The van der Waals surface area contributed by atoms with Gasteiger partial charge in [0, 0.05) is 11.6 Å². The normalized spacial score (nSPS) is 12.1. The van der Waals surface area contributed by atoms with E-state index >= 15 is 0 Å². The highest BCUT2D eigenvalue weighted by molar-refractivity contribution is 5.95. The van der Waals surface area contributed by atoms with Gasteiger partial charge in [-0.05, 0) is 72.6 Å². The van der Waals surface area contributed by atoms with Crippen LogP contribution in [0.1, 0.15) is 54.6 Å². The van der Waals surface area contributed by atoms with Crippen LogP contribution in [0.4, 0.5) is 57.1 Å². The van der Waals surface area contributed by atoms with Gasteiger partial charge in [-0.2, -0.15) is 43.9 Å². The van der Waals surface area contributed by atoms with Crippen LogP contribution in [0, 0.1) is 37.2 Å². The molecule has 4 aromatic rings. The predicted molar refractivity (Wildman–Crippen MR) is 158 cm³/mol. The lowest BCUT2D eigenvalue weighted by Gasteiger charge is -2.23. The Hall–Kier alpha value is -5.73. The van der Waals surface area contributed by atoms with E-state index in [0.717, 1.165) is 5.56 Å². The lowest BCUT2D eigenvalue weighted by Crippen LogP contribution is -2.33. The summed E-state index contributed by atoms with van der Waals surface area (Å²) in [6.45, 7) is 1.92. The quantitative estimate of drug-likeness (QED) is 0.139. The standard InChI is InChI=1S/C24H12F13NO2.C8H8O2.C2H2/c25-13-5-12(6-14(9-13)40-24(36,37)21(28)29)19(10-1-3-17(26)15(7-10)22(30,31)32)38-20(39)11-2-4-18(27)16(8-11)23(33,34)35;1-6-2-4-7(5-3-6)8(9)10;1-2/h1-9,19,21H,(H,38,39);2-5H,1H3,(H,9,10);1-2H/t19-;;/m1../s1. The van der Waals surface area contributed by atoms with Crippen molar-refractivity contribution in [2.24, 2.45) is 0 Å². The number of carbonyl (C=O) groups is 2. The molecule has 0 saturated carbocycles. The summed E-state index contributed by atoms with van der Waals surface area (Å²) in [7, 11) is 0. The van der Waals surface area contributed by atoms with Crippen LogP contribution in [-0.4, -0.2) is 29.5 Å². The van der Waals surface area contributed by atoms with E-state index in [1.807, 2.05) is 12.2 Å². The first-order chi connectivity index (χ1) is 24.0. The first-order valence-corrected chi connectivity index (χ1v) is 13.8. The molecule has 18 heteroatoms. The molecule has 0 unspecified atom stereocenters. The van der Waals surface area contributed by atoms with Crippen molar-refractivity contribution in [1.29, 1.82) is 0 Å². The minimum atomic E-state index is -5.32. The van der Waals surface area contributed by atoms with Crippen molar-refractivity contribution in [2.75, 3.05) is 0 Å². The zero-order valence-corrected chi connectivity index (χ0v) is 25.9. The number of rotatable bonds is 8. The fourth-order valence-corrected chi connectivity index (χ4v) is 4.10. The number of nitrogens with one attached hydrogen (secondary N) is 1. The van der Waals surface area contributed by atoms with Crippen molar-refractivity contribution < 1.29 is 76.5 Å². The monoisotopic (exact) mass is 755 g/mol. The lowest BCUT2D eigenvalue weighted by molar-refractivity contribution is -0.253.